The molecule has 0 saturated heterocycles. The lowest BCUT2D eigenvalue weighted by atomic mass is 10.2. The Hall–Kier alpha value is -3.71. The molecule has 0 aromatic rings. The van der Waals surface area contributed by atoms with Crippen molar-refractivity contribution in [3.8, 4) is 0 Å². The van der Waals surface area contributed by atoms with Gasteiger partial charge in [0.25, 0.3) is 0 Å². The standard InChI is InChI=1S/2C5H14N2.2C2H7N.BrH.3HN3.3HNO2.2H3N/c1-2-3-4-5-7-6;6-4-2-1-3-5-7;2*1-3-2;;3*1-3-2;3*2-1-3;;/h7H,2-6H2,1H3;1-7H2;2*3H,1-2H3;1H;6*1H;2*1H3. The Bertz CT molecular complexity index is 378. The maximum atomic E-state index is 8.12. The lowest BCUT2D eigenvalue weighted by Crippen LogP contribution is -2.53. The van der Waals surface area contributed by atoms with Crippen molar-refractivity contribution in [1.29, 1.82) is 16.6 Å². The van der Waals surface area contributed by atoms with Gasteiger partial charge in [-0.05, 0) is 91.9 Å². The SMILES string of the molecule is Br.CCCCCNN.CNC.CNC.N.N.NCCCCCN.O=[NH+][O-].O=[NH+][O-].O=[NH+][O-].[N-]=[N+]=N.[N-]=[N+]=N.[N-]=[N+]=N. The Balaban J connectivity index is -0.0000000197. The molecule has 27 heteroatoms. The monoisotopic (exact) mass is 678 g/mol. The third kappa shape index (κ3) is 2320. The highest BCUT2D eigenvalue weighted by Gasteiger charge is 1.80. The summed E-state index contributed by atoms with van der Waals surface area (Å²) in [6.45, 7) is 4.74. The average molecular weight is 680 g/mol. The second kappa shape index (κ2) is 221. The second-order valence-electron chi connectivity index (χ2n) is 4.85. The quantitative estimate of drug-likeness (QED) is 0.0276. The maximum Gasteiger partial charge on any atom is 0.00974 e. The second-order valence-corrected chi connectivity index (χ2v) is 4.85. The number of nitrogens with zero attached hydrogens (tertiary/aromatic N) is 6. The van der Waals surface area contributed by atoms with Crippen LogP contribution in [-0.2, 0) is 0 Å². The van der Waals surface area contributed by atoms with Crippen molar-refractivity contribution in [3.63, 3.8) is 0 Å². The van der Waals surface area contributed by atoms with Crippen LogP contribution in [-0.4, -0.2) is 47.8 Å². The summed E-state index contributed by atoms with van der Waals surface area (Å²) < 4.78 is 0. The minimum Gasteiger partial charge on any atom is -0.344 e. The van der Waals surface area contributed by atoms with Crippen molar-refractivity contribution < 1.29 is 16.0 Å². The summed E-state index contributed by atoms with van der Waals surface area (Å²) in [5.74, 6) is 5.02. The molecule has 0 fully saturated rings. The minimum absolute atomic E-state index is 0. The third-order valence-electron chi connectivity index (χ3n) is 1.83. The first-order valence-corrected chi connectivity index (χ1v) is 10.2. The number of hydrogen-bond acceptors (Lipinski definition) is 17. The summed E-state index contributed by atoms with van der Waals surface area (Å²) >= 11 is 0. The largest absolute Gasteiger partial charge is 0.344 e. The molecule has 254 valence electrons. The molecule has 0 amide bonds. The Morgan fingerprint density at radius 3 is 1.00 bits per heavy atom. The smallest absolute Gasteiger partial charge is 0.00974 e. The zero-order valence-electron chi connectivity index (χ0n) is 24.6. The first kappa shape index (κ1) is 83.2. The van der Waals surface area contributed by atoms with Gasteiger partial charge in [-0.3, -0.25) is 41.6 Å². The van der Waals surface area contributed by atoms with E-state index in [1.807, 2.05) is 28.2 Å². The van der Waals surface area contributed by atoms with Crippen LogP contribution < -0.4 is 61.7 Å². The normalized spacial score (nSPS) is 5.56. The number of unbranched alkanes of at least 4 members (excludes halogenated alkanes) is 4. The van der Waals surface area contributed by atoms with Crippen LogP contribution in [0.5, 0.6) is 0 Å². The number of nitrogens with one attached hydrogen (secondary N) is 9. The highest BCUT2D eigenvalue weighted by Crippen LogP contribution is 1.89. The molecule has 0 aliphatic heterocycles. The van der Waals surface area contributed by atoms with E-state index < -0.39 is 0 Å². The van der Waals surface area contributed by atoms with Gasteiger partial charge in [0.15, 0.2) is 0 Å². The molecule has 0 radical (unpaired) electrons. The molecule has 0 aromatic heterocycles. The summed E-state index contributed by atoms with van der Waals surface area (Å²) in [4.78, 5) is 29.6. The fraction of sp³-hybridized carbons (Fsp3) is 1.00. The lowest BCUT2D eigenvalue weighted by molar-refractivity contribution is -0.399. The van der Waals surface area contributed by atoms with Gasteiger partial charge in [0.2, 0.25) is 0 Å². The molecule has 41 heavy (non-hydrogen) atoms. The first-order valence-electron chi connectivity index (χ1n) is 10.2. The molecule has 0 atom stereocenters. The fourth-order valence-corrected chi connectivity index (χ4v) is 0.943. The van der Waals surface area contributed by atoms with Crippen molar-refractivity contribution >= 4 is 17.0 Å². The summed E-state index contributed by atoms with van der Waals surface area (Å²) in [7, 11) is 7.50. The van der Waals surface area contributed by atoms with Gasteiger partial charge in [-0.15, -0.1) is 33.6 Å². The average Bonchev–Trinajstić information content (AvgIpc) is 2.84. The predicted octanol–water partition coefficient (Wildman–Crippen LogP) is -1.09. The molecule has 0 aliphatic carbocycles. The Morgan fingerprint density at radius 2 is 0.878 bits per heavy atom. The van der Waals surface area contributed by atoms with E-state index in [9.17, 15) is 0 Å². The summed E-state index contributed by atoms with van der Waals surface area (Å²) in [5.41, 5.74) is 49.8. The van der Waals surface area contributed by atoms with Crippen LogP contribution in [0.25, 0.3) is 31.3 Å². The first-order chi connectivity index (χ1) is 18.1. The van der Waals surface area contributed by atoms with E-state index >= 15 is 0 Å². The van der Waals surface area contributed by atoms with Gasteiger partial charge in [0, 0.05) is 22.6 Å². The van der Waals surface area contributed by atoms with Crippen LogP contribution in [0.15, 0.2) is 0 Å². The fourth-order valence-electron chi connectivity index (χ4n) is 0.943. The van der Waals surface area contributed by atoms with Gasteiger partial charge in [-0.2, -0.15) is 0 Å². The van der Waals surface area contributed by atoms with Crippen LogP contribution >= 0.6 is 17.0 Å². The molecule has 21 N–H and O–H groups in total. The Labute approximate surface area is 250 Å². The van der Waals surface area contributed by atoms with Crippen LogP contribution in [0.4, 0.5) is 0 Å². The Morgan fingerprint density at radius 1 is 0.683 bits per heavy atom. The highest BCUT2D eigenvalue weighted by molar-refractivity contribution is 8.93. The molecule has 0 unspecified atom stereocenters. The van der Waals surface area contributed by atoms with E-state index in [0.717, 1.165) is 32.5 Å². The molecule has 0 rings (SSSR count). The summed E-state index contributed by atoms with van der Waals surface area (Å²) in [5, 5.41) is 30.6. The van der Waals surface area contributed by atoms with Crippen molar-refractivity contribution in [2.24, 2.45) is 17.3 Å². The van der Waals surface area contributed by atoms with Crippen molar-refractivity contribution in [2.45, 2.75) is 45.4 Å². The molecular formula is C14H55BrN20O6. The van der Waals surface area contributed by atoms with Crippen LogP contribution in [0, 0.1) is 46.9 Å². The summed E-state index contributed by atoms with van der Waals surface area (Å²) in [6.07, 6.45) is 7.18. The van der Waals surface area contributed by atoms with Crippen LogP contribution in [0.3, 0.4) is 0 Å². The lowest BCUT2D eigenvalue weighted by Gasteiger charge is -1.93. The maximum absolute atomic E-state index is 8.12. The van der Waals surface area contributed by atoms with Gasteiger partial charge in [-0.1, -0.05) is 26.2 Å². The molecule has 26 nitrogen and oxygen atoms in total. The van der Waals surface area contributed by atoms with E-state index in [-0.39, 0.29) is 45.3 Å². The van der Waals surface area contributed by atoms with E-state index in [4.69, 9.17) is 80.8 Å². The van der Waals surface area contributed by atoms with Gasteiger partial charge in [0.1, 0.15) is 0 Å². The van der Waals surface area contributed by atoms with Crippen LogP contribution in [0.1, 0.15) is 45.4 Å². The van der Waals surface area contributed by atoms with Gasteiger partial charge >= 0.3 is 0 Å². The summed E-state index contributed by atoms with van der Waals surface area (Å²) in [6, 6.07) is 0. The van der Waals surface area contributed by atoms with Gasteiger partial charge in [0.05, 0.1) is 0 Å². The van der Waals surface area contributed by atoms with Crippen molar-refractivity contribution in [3.05, 3.63) is 61.7 Å². The number of hydrogen-bond donors (Lipinski definition) is 14. The number of hydrazine groups is 1. The topological polar surface area (TPSA) is 527 Å². The van der Waals surface area contributed by atoms with Crippen LogP contribution in [0.2, 0.25) is 0 Å². The van der Waals surface area contributed by atoms with E-state index in [2.05, 4.69) is 23.0 Å². The Kier molecular flexibility index (Phi) is 449. The van der Waals surface area contributed by atoms with E-state index in [1.165, 1.54) is 25.7 Å². The predicted molar refractivity (Wildman–Crippen MR) is 165 cm³/mol. The zero-order valence-corrected chi connectivity index (χ0v) is 26.3. The highest BCUT2D eigenvalue weighted by atomic mass is 79.9. The van der Waals surface area contributed by atoms with Gasteiger partial charge in [-0.25, -0.2) is 0 Å². The number of rotatable bonds is 8. The molecule has 0 bridgehead atoms. The van der Waals surface area contributed by atoms with Gasteiger partial charge < -0.3 is 34.4 Å². The molecular weight excluding hydrogens is 624 g/mol. The van der Waals surface area contributed by atoms with E-state index in [0.29, 0.717) is 0 Å². The van der Waals surface area contributed by atoms with Crippen molar-refractivity contribution in [2.75, 3.05) is 47.8 Å². The number of halogens is 1. The molecule has 0 aromatic carbocycles. The van der Waals surface area contributed by atoms with E-state index in [1.54, 1.807) is 14.7 Å². The number of nitrogens with two attached hydrogens (primary N) is 3. The minimum atomic E-state index is 0. The molecule has 0 spiro atoms. The molecule has 0 heterocycles. The zero-order chi connectivity index (χ0) is 32.7. The molecule has 0 saturated carbocycles. The van der Waals surface area contributed by atoms with Crippen molar-refractivity contribution in [1.82, 2.24) is 28.4 Å². The molecule has 0 aliphatic rings. The third-order valence-corrected chi connectivity index (χ3v) is 1.83.